The predicted molar refractivity (Wildman–Crippen MR) is 110 cm³/mol. The fourth-order valence-electron chi connectivity index (χ4n) is 4.22. The summed E-state index contributed by atoms with van der Waals surface area (Å²) < 4.78 is 0. The van der Waals surface area contributed by atoms with E-state index in [0.29, 0.717) is 22.7 Å². The summed E-state index contributed by atoms with van der Waals surface area (Å²) in [6.45, 7) is 6.86. The van der Waals surface area contributed by atoms with E-state index in [4.69, 9.17) is 10.7 Å². The molecule has 0 saturated carbocycles. The van der Waals surface area contributed by atoms with E-state index in [-0.39, 0.29) is 5.41 Å². The molecule has 2 heterocycles. The van der Waals surface area contributed by atoms with Crippen LogP contribution in [0.3, 0.4) is 0 Å². The average Bonchev–Trinajstić information content (AvgIpc) is 3.03. The highest BCUT2D eigenvalue weighted by Crippen LogP contribution is 2.39. The number of aryl methyl sites for hydroxylation is 1. The highest BCUT2D eigenvalue weighted by atomic mass is 16.1. The number of aromatic amines is 1. The molecule has 0 radical (unpaired) electrons. The van der Waals surface area contributed by atoms with Gasteiger partial charge in [-0.3, -0.25) is 9.78 Å². The molecule has 5 heteroatoms. The molecule has 3 N–H and O–H groups in total. The summed E-state index contributed by atoms with van der Waals surface area (Å²) in [6.07, 6.45) is 3.04. The number of pyridine rings is 1. The van der Waals surface area contributed by atoms with Crippen LogP contribution >= 0.6 is 0 Å². The van der Waals surface area contributed by atoms with Crippen LogP contribution in [0.1, 0.15) is 54.5 Å². The molecule has 2 aromatic heterocycles. The molecule has 1 unspecified atom stereocenters. The molecule has 1 atom stereocenters. The van der Waals surface area contributed by atoms with Crippen LogP contribution in [0, 0.1) is 22.7 Å². The quantitative estimate of drug-likeness (QED) is 0.700. The maximum Gasteiger partial charge on any atom is 0.265 e. The highest BCUT2D eigenvalue weighted by Gasteiger charge is 2.30. The van der Waals surface area contributed by atoms with Crippen LogP contribution in [0.4, 0.5) is 0 Å². The third kappa shape index (κ3) is 3.05. The van der Waals surface area contributed by atoms with Gasteiger partial charge in [0.05, 0.1) is 22.7 Å². The van der Waals surface area contributed by atoms with Crippen molar-refractivity contribution < 1.29 is 4.79 Å². The van der Waals surface area contributed by atoms with Gasteiger partial charge < -0.3 is 10.7 Å². The first kappa shape index (κ1) is 18.2. The summed E-state index contributed by atoms with van der Waals surface area (Å²) in [5.74, 6) is 0.0810. The first-order valence-electron chi connectivity index (χ1n) is 9.62. The standard InChI is InChI=1S/C23H24N4O/c1-23(2,3)16-7-8-17-15(10-16)11-18-20(26-17)19(21(27-18)22(25)28)14-6-4-5-13(9-14)12-24/h4-6,9,11,16,27H,7-8,10H2,1-3H3,(H2,25,28). The summed E-state index contributed by atoms with van der Waals surface area (Å²) in [6, 6.07) is 11.5. The molecule has 1 amide bonds. The summed E-state index contributed by atoms with van der Waals surface area (Å²) in [5.41, 5.74) is 12.1. The zero-order chi connectivity index (χ0) is 20.1. The van der Waals surface area contributed by atoms with Crippen LogP contribution in [0.5, 0.6) is 0 Å². The Morgan fingerprint density at radius 1 is 1.32 bits per heavy atom. The van der Waals surface area contributed by atoms with E-state index in [9.17, 15) is 10.1 Å². The van der Waals surface area contributed by atoms with Crippen LogP contribution in [0.25, 0.3) is 22.2 Å². The Hall–Kier alpha value is -3.13. The number of hydrogen-bond donors (Lipinski definition) is 2. The fraction of sp³-hybridized carbons (Fsp3) is 0.348. The van der Waals surface area contributed by atoms with E-state index in [0.717, 1.165) is 41.6 Å². The molecule has 142 valence electrons. The first-order chi connectivity index (χ1) is 13.3. The largest absolute Gasteiger partial charge is 0.364 e. The Morgan fingerprint density at radius 2 is 2.11 bits per heavy atom. The zero-order valence-corrected chi connectivity index (χ0v) is 16.5. The Morgan fingerprint density at radius 3 is 2.79 bits per heavy atom. The number of fused-ring (bicyclic) bond motifs is 2. The Balaban J connectivity index is 1.90. The smallest absolute Gasteiger partial charge is 0.265 e. The van der Waals surface area contributed by atoms with Gasteiger partial charge >= 0.3 is 0 Å². The molecule has 4 rings (SSSR count). The number of nitrogens with one attached hydrogen (secondary N) is 1. The molecule has 1 aliphatic rings. The number of nitrogens with zero attached hydrogens (tertiary/aromatic N) is 2. The number of rotatable bonds is 2. The van der Waals surface area contributed by atoms with E-state index in [1.807, 2.05) is 12.1 Å². The van der Waals surface area contributed by atoms with E-state index in [1.54, 1.807) is 12.1 Å². The second kappa shape index (κ2) is 6.49. The van der Waals surface area contributed by atoms with E-state index >= 15 is 0 Å². The number of nitrogens with two attached hydrogens (primary N) is 1. The Labute approximate surface area is 164 Å². The second-order valence-corrected chi connectivity index (χ2v) is 8.73. The zero-order valence-electron chi connectivity index (χ0n) is 16.5. The highest BCUT2D eigenvalue weighted by molar-refractivity contribution is 6.08. The van der Waals surface area contributed by atoms with Gasteiger partial charge in [-0.2, -0.15) is 5.26 Å². The van der Waals surface area contributed by atoms with E-state index in [1.165, 1.54) is 5.56 Å². The topological polar surface area (TPSA) is 95.6 Å². The molecular weight excluding hydrogens is 348 g/mol. The minimum absolute atomic E-state index is 0.254. The first-order valence-corrected chi connectivity index (χ1v) is 9.62. The Bertz CT molecular complexity index is 1130. The molecule has 3 aromatic rings. The number of H-pyrrole nitrogens is 1. The van der Waals surface area contributed by atoms with E-state index < -0.39 is 5.91 Å². The number of benzene rings is 1. The lowest BCUT2D eigenvalue weighted by Gasteiger charge is -2.34. The number of primary amides is 1. The van der Waals surface area contributed by atoms with Crippen LogP contribution < -0.4 is 5.73 Å². The summed E-state index contributed by atoms with van der Waals surface area (Å²) in [7, 11) is 0. The monoisotopic (exact) mass is 372 g/mol. The number of hydrogen-bond acceptors (Lipinski definition) is 3. The van der Waals surface area contributed by atoms with Crippen molar-refractivity contribution in [2.45, 2.75) is 40.0 Å². The van der Waals surface area contributed by atoms with Crippen molar-refractivity contribution in [3.8, 4) is 17.2 Å². The van der Waals surface area contributed by atoms with Crippen LogP contribution in [-0.2, 0) is 12.8 Å². The van der Waals surface area contributed by atoms with Crippen molar-refractivity contribution in [1.82, 2.24) is 9.97 Å². The number of carbonyl (C=O) groups excluding carboxylic acids is 1. The number of carbonyl (C=O) groups is 1. The molecule has 5 nitrogen and oxygen atoms in total. The average molecular weight is 372 g/mol. The normalized spacial score (nSPS) is 16.6. The number of aromatic nitrogens is 2. The molecule has 1 aliphatic carbocycles. The second-order valence-electron chi connectivity index (χ2n) is 8.73. The number of nitriles is 1. The van der Waals surface area contributed by atoms with E-state index in [2.05, 4.69) is 37.9 Å². The predicted octanol–water partition coefficient (Wildman–Crippen LogP) is 4.35. The molecule has 1 aromatic carbocycles. The molecular formula is C23H24N4O. The minimum Gasteiger partial charge on any atom is -0.364 e. The SMILES string of the molecule is CC(C)(C)C1CCc2nc3c(-c4cccc(C#N)c4)c(C(N)=O)[nH]c3cc2C1. The molecule has 0 fully saturated rings. The van der Waals surface area contributed by atoms with Crippen molar-refractivity contribution in [3.05, 3.63) is 52.8 Å². The molecule has 0 saturated heterocycles. The maximum absolute atomic E-state index is 12.1. The van der Waals surface area contributed by atoms with Gasteiger partial charge in [0.25, 0.3) is 5.91 Å². The van der Waals surface area contributed by atoms with Gasteiger partial charge in [0.1, 0.15) is 5.69 Å². The third-order valence-corrected chi connectivity index (χ3v) is 5.88. The Kier molecular flexibility index (Phi) is 4.23. The van der Waals surface area contributed by atoms with Crippen molar-refractivity contribution in [2.75, 3.05) is 0 Å². The van der Waals surface area contributed by atoms with Gasteiger partial charge in [0.2, 0.25) is 0 Å². The van der Waals surface area contributed by atoms with Gasteiger partial charge in [-0.15, -0.1) is 0 Å². The van der Waals surface area contributed by atoms with Gasteiger partial charge in [-0.05, 0) is 59.9 Å². The molecule has 0 spiro atoms. The van der Waals surface area contributed by atoms with Gasteiger partial charge in [-0.1, -0.05) is 32.9 Å². The molecule has 28 heavy (non-hydrogen) atoms. The number of amides is 1. The van der Waals surface area contributed by atoms with Crippen molar-refractivity contribution in [3.63, 3.8) is 0 Å². The van der Waals surface area contributed by atoms with Gasteiger partial charge in [-0.25, -0.2) is 0 Å². The molecule has 0 bridgehead atoms. The van der Waals surface area contributed by atoms with Gasteiger partial charge in [0, 0.05) is 11.3 Å². The lowest BCUT2D eigenvalue weighted by Crippen LogP contribution is -2.27. The minimum atomic E-state index is -0.527. The summed E-state index contributed by atoms with van der Waals surface area (Å²) >= 11 is 0. The van der Waals surface area contributed by atoms with Gasteiger partial charge in [0.15, 0.2) is 0 Å². The van der Waals surface area contributed by atoms with Crippen molar-refractivity contribution in [1.29, 1.82) is 5.26 Å². The van der Waals surface area contributed by atoms with Crippen molar-refractivity contribution in [2.24, 2.45) is 17.1 Å². The van der Waals surface area contributed by atoms with Crippen LogP contribution in [0.2, 0.25) is 0 Å². The van der Waals surface area contributed by atoms with Crippen LogP contribution in [-0.4, -0.2) is 15.9 Å². The third-order valence-electron chi connectivity index (χ3n) is 5.88. The summed E-state index contributed by atoms with van der Waals surface area (Å²) in [5, 5.41) is 9.23. The summed E-state index contributed by atoms with van der Waals surface area (Å²) in [4.78, 5) is 20.3. The van der Waals surface area contributed by atoms with Crippen molar-refractivity contribution >= 4 is 16.9 Å². The lowest BCUT2D eigenvalue weighted by atomic mass is 9.71. The fourth-order valence-corrected chi connectivity index (χ4v) is 4.22. The molecule has 0 aliphatic heterocycles. The van der Waals surface area contributed by atoms with Crippen LogP contribution in [0.15, 0.2) is 30.3 Å². The maximum atomic E-state index is 12.1. The lowest BCUT2D eigenvalue weighted by molar-refractivity contribution is 0.0997.